The van der Waals surface area contributed by atoms with Crippen LogP contribution in [0.3, 0.4) is 0 Å². The maximum Gasteiger partial charge on any atom is 0.262 e. The van der Waals surface area contributed by atoms with Gasteiger partial charge in [0.25, 0.3) is 5.91 Å². The fourth-order valence-corrected chi connectivity index (χ4v) is 5.72. The Morgan fingerprint density at radius 2 is 2.09 bits per heavy atom. The van der Waals surface area contributed by atoms with Gasteiger partial charge in [0.2, 0.25) is 15.9 Å². The van der Waals surface area contributed by atoms with Gasteiger partial charge in [-0.2, -0.15) is 4.31 Å². The minimum atomic E-state index is -3.83. The highest BCUT2D eigenvalue weighted by Crippen LogP contribution is 2.33. The number of ether oxygens (including phenoxy) is 1. The summed E-state index contributed by atoms with van der Waals surface area (Å²) in [4.78, 5) is 24.7. The summed E-state index contributed by atoms with van der Waals surface area (Å²) in [5.41, 5.74) is 3.18. The Morgan fingerprint density at radius 3 is 2.88 bits per heavy atom. The third kappa shape index (κ3) is 4.35. The first-order valence-corrected chi connectivity index (χ1v) is 12.2. The number of para-hydroxylation sites is 1. The number of benzene rings is 2. The molecule has 9 heteroatoms. The highest BCUT2D eigenvalue weighted by atomic mass is 32.2. The molecule has 170 valence electrons. The number of hydrogen-bond donors (Lipinski definition) is 2. The summed E-state index contributed by atoms with van der Waals surface area (Å²) >= 11 is 0. The Kier molecular flexibility index (Phi) is 6.21. The lowest BCUT2D eigenvalue weighted by molar-refractivity contribution is -0.121. The van der Waals surface area contributed by atoms with Crippen molar-refractivity contribution in [3.05, 3.63) is 47.5 Å². The van der Waals surface area contributed by atoms with E-state index >= 15 is 0 Å². The van der Waals surface area contributed by atoms with Crippen LogP contribution in [0.2, 0.25) is 0 Å². The Morgan fingerprint density at radius 1 is 1.28 bits per heavy atom. The van der Waals surface area contributed by atoms with Crippen LogP contribution in [0.5, 0.6) is 5.75 Å². The average molecular weight is 458 g/mol. The van der Waals surface area contributed by atoms with Gasteiger partial charge in [0, 0.05) is 18.8 Å². The van der Waals surface area contributed by atoms with Gasteiger partial charge in [-0.25, -0.2) is 8.42 Å². The molecule has 2 amide bonds. The SMILES string of the molecule is CCc1cccc(C)c1NC(=O)[C@H]1CCCN(S(=O)(=O)c2ccc3c(c2)NC(=O)CO3)C1. The molecule has 0 aliphatic carbocycles. The molecule has 1 fully saturated rings. The number of piperidine rings is 1. The summed E-state index contributed by atoms with van der Waals surface area (Å²) < 4.78 is 33.2. The van der Waals surface area contributed by atoms with Crippen molar-refractivity contribution < 1.29 is 22.7 Å². The zero-order chi connectivity index (χ0) is 22.9. The molecule has 1 atom stereocenters. The van der Waals surface area contributed by atoms with Crippen LogP contribution in [-0.4, -0.2) is 44.2 Å². The van der Waals surface area contributed by atoms with Gasteiger partial charge in [-0.1, -0.05) is 25.1 Å². The number of amides is 2. The van der Waals surface area contributed by atoms with E-state index in [0.29, 0.717) is 30.8 Å². The van der Waals surface area contributed by atoms with Crippen molar-refractivity contribution in [1.82, 2.24) is 4.31 Å². The van der Waals surface area contributed by atoms with E-state index in [2.05, 4.69) is 10.6 Å². The number of sulfonamides is 1. The lowest BCUT2D eigenvalue weighted by Gasteiger charge is -2.31. The van der Waals surface area contributed by atoms with E-state index in [0.717, 1.165) is 23.2 Å². The summed E-state index contributed by atoms with van der Waals surface area (Å²) in [7, 11) is -3.83. The van der Waals surface area contributed by atoms with Crippen molar-refractivity contribution in [1.29, 1.82) is 0 Å². The molecule has 32 heavy (non-hydrogen) atoms. The van der Waals surface area contributed by atoms with Gasteiger partial charge in [0.15, 0.2) is 6.61 Å². The molecule has 2 aromatic carbocycles. The largest absolute Gasteiger partial charge is 0.482 e. The molecule has 0 spiro atoms. The van der Waals surface area contributed by atoms with Gasteiger partial charge in [-0.05, 0) is 55.5 Å². The van der Waals surface area contributed by atoms with Crippen LogP contribution in [-0.2, 0) is 26.0 Å². The van der Waals surface area contributed by atoms with Crippen molar-refractivity contribution in [2.75, 3.05) is 30.3 Å². The highest BCUT2D eigenvalue weighted by Gasteiger charge is 2.34. The smallest absolute Gasteiger partial charge is 0.262 e. The van der Waals surface area contributed by atoms with Crippen molar-refractivity contribution in [3.63, 3.8) is 0 Å². The number of carbonyl (C=O) groups is 2. The standard InChI is InChI=1S/C23H27N3O5S/c1-3-16-7-4-6-15(2)22(16)25-23(28)17-8-5-11-26(13-17)32(29,30)18-9-10-20-19(12-18)24-21(27)14-31-20/h4,6-7,9-10,12,17H,3,5,8,11,13-14H2,1-2H3,(H,24,27)(H,25,28)/t17-/m0/s1. The van der Waals surface area contributed by atoms with Crippen molar-refractivity contribution in [2.24, 2.45) is 5.92 Å². The lowest BCUT2D eigenvalue weighted by Crippen LogP contribution is -2.43. The number of nitrogens with zero attached hydrogens (tertiary/aromatic N) is 1. The molecule has 0 aromatic heterocycles. The minimum absolute atomic E-state index is 0.0651. The van der Waals surface area contributed by atoms with Gasteiger partial charge >= 0.3 is 0 Å². The van der Waals surface area contributed by atoms with Crippen LogP contribution < -0.4 is 15.4 Å². The Bertz CT molecular complexity index is 1160. The molecular weight excluding hydrogens is 430 g/mol. The average Bonchev–Trinajstić information content (AvgIpc) is 2.79. The number of hydrogen-bond acceptors (Lipinski definition) is 5. The number of nitrogens with one attached hydrogen (secondary N) is 2. The predicted octanol–water partition coefficient (Wildman–Crippen LogP) is 2.93. The Labute approximate surface area is 188 Å². The molecule has 2 aromatic rings. The number of anilines is 2. The molecule has 2 aliphatic heterocycles. The molecule has 0 radical (unpaired) electrons. The summed E-state index contributed by atoms with van der Waals surface area (Å²) in [5.74, 6) is -0.502. The maximum atomic E-state index is 13.3. The first kappa shape index (κ1) is 22.3. The van der Waals surface area contributed by atoms with Crippen LogP contribution in [0.25, 0.3) is 0 Å². The summed E-state index contributed by atoms with van der Waals surface area (Å²) in [5, 5.41) is 5.67. The fourth-order valence-electron chi connectivity index (χ4n) is 4.17. The van der Waals surface area contributed by atoms with Crippen LogP contribution >= 0.6 is 0 Å². The normalized spacial score (nSPS) is 18.9. The van der Waals surface area contributed by atoms with E-state index < -0.39 is 15.9 Å². The van der Waals surface area contributed by atoms with Gasteiger partial charge in [0.05, 0.1) is 16.5 Å². The van der Waals surface area contributed by atoms with Crippen molar-refractivity contribution in [2.45, 2.75) is 38.0 Å². The molecule has 4 rings (SSSR count). The second kappa shape index (κ2) is 8.91. The van der Waals surface area contributed by atoms with E-state index in [1.54, 1.807) is 6.07 Å². The van der Waals surface area contributed by atoms with Gasteiger partial charge < -0.3 is 15.4 Å². The zero-order valence-electron chi connectivity index (χ0n) is 18.2. The molecular formula is C23H27N3O5S. The second-order valence-electron chi connectivity index (χ2n) is 8.15. The third-order valence-electron chi connectivity index (χ3n) is 5.96. The lowest BCUT2D eigenvalue weighted by atomic mass is 9.98. The van der Waals surface area contributed by atoms with Crippen LogP contribution in [0, 0.1) is 12.8 Å². The third-order valence-corrected chi connectivity index (χ3v) is 7.83. The Hall–Kier alpha value is -2.91. The van der Waals surface area contributed by atoms with Gasteiger partial charge in [-0.3, -0.25) is 9.59 Å². The van der Waals surface area contributed by atoms with E-state index in [1.165, 1.54) is 16.4 Å². The van der Waals surface area contributed by atoms with Crippen LogP contribution in [0.1, 0.15) is 30.9 Å². The molecule has 8 nitrogen and oxygen atoms in total. The number of carbonyl (C=O) groups excluding carboxylic acids is 2. The van der Waals surface area contributed by atoms with Gasteiger partial charge in [0.1, 0.15) is 5.75 Å². The highest BCUT2D eigenvalue weighted by molar-refractivity contribution is 7.89. The first-order chi connectivity index (χ1) is 15.3. The molecule has 2 heterocycles. The van der Waals surface area contributed by atoms with Gasteiger partial charge in [-0.15, -0.1) is 0 Å². The maximum absolute atomic E-state index is 13.3. The zero-order valence-corrected chi connectivity index (χ0v) is 19.0. The number of fused-ring (bicyclic) bond motifs is 1. The predicted molar refractivity (Wildman–Crippen MR) is 121 cm³/mol. The molecule has 0 unspecified atom stereocenters. The minimum Gasteiger partial charge on any atom is -0.482 e. The topological polar surface area (TPSA) is 105 Å². The quantitative estimate of drug-likeness (QED) is 0.718. The van der Waals surface area contributed by atoms with Crippen LogP contribution in [0.4, 0.5) is 11.4 Å². The molecule has 0 saturated carbocycles. The fraction of sp³-hybridized carbons (Fsp3) is 0.391. The monoisotopic (exact) mass is 457 g/mol. The van der Waals surface area contributed by atoms with Crippen LogP contribution in [0.15, 0.2) is 41.3 Å². The summed E-state index contributed by atoms with van der Waals surface area (Å²) in [6.45, 7) is 4.34. The molecule has 1 saturated heterocycles. The van der Waals surface area contributed by atoms with Crippen molar-refractivity contribution >= 4 is 33.2 Å². The van der Waals surface area contributed by atoms with Crippen molar-refractivity contribution in [3.8, 4) is 5.75 Å². The van der Waals surface area contributed by atoms with E-state index in [-0.39, 0.29) is 29.9 Å². The van der Waals surface area contributed by atoms with E-state index in [1.807, 2.05) is 32.0 Å². The van der Waals surface area contributed by atoms with E-state index in [4.69, 9.17) is 4.74 Å². The molecule has 2 aliphatic rings. The molecule has 2 N–H and O–H groups in total. The summed E-state index contributed by atoms with van der Waals surface area (Å²) in [6, 6.07) is 10.3. The molecule has 0 bridgehead atoms. The number of rotatable bonds is 5. The summed E-state index contributed by atoms with van der Waals surface area (Å²) in [6.07, 6.45) is 2.01. The second-order valence-corrected chi connectivity index (χ2v) is 10.1. The Balaban J connectivity index is 1.52. The van der Waals surface area contributed by atoms with E-state index in [9.17, 15) is 18.0 Å². The number of aryl methyl sites for hydroxylation is 2. The first-order valence-electron chi connectivity index (χ1n) is 10.8.